The van der Waals surface area contributed by atoms with E-state index >= 15 is 0 Å². The maximum absolute atomic E-state index is 11.4. The highest BCUT2D eigenvalue weighted by Gasteiger charge is 2.26. The van der Waals surface area contributed by atoms with Crippen LogP contribution >= 0.6 is 12.2 Å². The summed E-state index contributed by atoms with van der Waals surface area (Å²) < 4.78 is 2.57. The molecule has 0 saturated carbocycles. The summed E-state index contributed by atoms with van der Waals surface area (Å²) in [5.74, 6) is -0.327. The zero-order valence-electron chi connectivity index (χ0n) is 10.8. The molecule has 1 aromatic heterocycles. The van der Waals surface area contributed by atoms with E-state index in [9.17, 15) is 4.79 Å². The fourth-order valence-electron chi connectivity index (χ4n) is 2.03. The van der Waals surface area contributed by atoms with E-state index in [0.29, 0.717) is 11.3 Å². The number of benzene rings is 1. The van der Waals surface area contributed by atoms with Gasteiger partial charge < -0.3 is 15.3 Å². The molecule has 0 radical (unpaired) electrons. The Morgan fingerprint density at radius 2 is 2.17 bits per heavy atom. The monoisotopic (exact) mass is 263 g/mol. The van der Waals surface area contributed by atoms with E-state index in [-0.39, 0.29) is 5.91 Å². The summed E-state index contributed by atoms with van der Waals surface area (Å²) in [5.41, 5.74) is 7.94. The Labute approximate surface area is 111 Å². The lowest BCUT2D eigenvalue weighted by Gasteiger charge is -2.21. The van der Waals surface area contributed by atoms with Gasteiger partial charge in [-0.3, -0.25) is 4.79 Å². The number of primary amides is 1. The molecule has 0 unspecified atom stereocenters. The number of nitrogens with one attached hydrogen (secondary N) is 1. The molecule has 2 aromatic rings. The van der Waals surface area contributed by atoms with E-state index in [0.717, 1.165) is 16.6 Å². The quantitative estimate of drug-likeness (QED) is 0.836. The standard InChI is InChI=1S/C13H17N3OS/c1-8-5-4-6-9-10(8)16(12(18)15-9)7-13(2,3)11(14)17/h4-6H,7H2,1-3H3,(H2,14,17)(H,15,18). The summed E-state index contributed by atoms with van der Waals surface area (Å²) >= 11 is 5.32. The van der Waals surface area contributed by atoms with E-state index in [1.165, 1.54) is 0 Å². The second kappa shape index (κ2) is 4.24. The van der Waals surface area contributed by atoms with E-state index < -0.39 is 5.41 Å². The Morgan fingerprint density at radius 3 is 2.78 bits per heavy atom. The van der Waals surface area contributed by atoms with Crippen LogP contribution in [0.2, 0.25) is 0 Å². The molecule has 0 bridgehead atoms. The van der Waals surface area contributed by atoms with Crippen LogP contribution in [0.1, 0.15) is 19.4 Å². The van der Waals surface area contributed by atoms with E-state index in [4.69, 9.17) is 18.0 Å². The zero-order chi connectivity index (χ0) is 13.5. The van der Waals surface area contributed by atoms with Gasteiger partial charge in [-0.2, -0.15) is 0 Å². The minimum atomic E-state index is -0.629. The van der Waals surface area contributed by atoms with Gasteiger partial charge in [0.2, 0.25) is 5.91 Å². The second-order valence-electron chi connectivity index (χ2n) is 5.24. The number of nitrogens with zero attached hydrogens (tertiary/aromatic N) is 1. The molecule has 1 amide bonds. The number of aryl methyl sites for hydroxylation is 1. The highest BCUT2D eigenvalue weighted by atomic mass is 32.1. The number of amides is 1. The van der Waals surface area contributed by atoms with Crippen LogP contribution in [-0.4, -0.2) is 15.5 Å². The topological polar surface area (TPSA) is 63.8 Å². The molecule has 3 N–H and O–H groups in total. The maximum Gasteiger partial charge on any atom is 0.224 e. The summed E-state index contributed by atoms with van der Waals surface area (Å²) in [5, 5.41) is 0. The van der Waals surface area contributed by atoms with Crippen molar-refractivity contribution in [3.63, 3.8) is 0 Å². The summed E-state index contributed by atoms with van der Waals surface area (Å²) in [6.45, 7) is 6.16. The average Bonchev–Trinajstić information content (AvgIpc) is 2.56. The van der Waals surface area contributed by atoms with Crippen molar-refractivity contribution in [3.8, 4) is 0 Å². The number of hydrogen-bond donors (Lipinski definition) is 2. The fourth-order valence-corrected chi connectivity index (χ4v) is 2.29. The molecule has 18 heavy (non-hydrogen) atoms. The smallest absolute Gasteiger partial charge is 0.224 e. The number of hydrogen-bond acceptors (Lipinski definition) is 2. The van der Waals surface area contributed by atoms with Gasteiger partial charge in [-0.15, -0.1) is 0 Å². The van der Waals surface area contributed by atoms with Crippen molar-refractivity contribution in [3.05, 3.63) is 28.5 Å². The van der Waals surface area contributed by atoms with Crippen LogP contribution in [0.15, 0.2) is 18.2 Å². The Morgan fingerprint density at radius 1 is 1.50 bits per heavy atom. The van der Waals surface area contributed by atoms with Crippen molar-refractivity contribution in [2.24, 2.45) is 11.1 Å². The zero-order valence-corrected chi connectivity index (χ0v) is 11.6. The predicted molar refractivity (Wildman–Crippen MR) is 74.8 cm³/mol. The molecule has 0 aliphatic rings. The molecule has 96 valence electrons. The normalized spacial score (nSPS) is 11.9. The Kier molecular flexibility index (Phi) is 3.02. The number of imidazole rings is 1. The molecule has 2 rings (SSSR count). The van der Waals surface area contributed by atoms with Crippen molar-refractivity contribution in [2.45, 2.75) is 27.3 Å². The number of nitrogens with two attached hydrogens (primary N) is 1. The molecule has 4 nitrogen and oxygen atoms in total. The molecule has 5 heteroatoms. The van der Waals surface area contributed by atoms with Gasteiger partial charge in [-0.25, -0.2) is 0 Å². The highest BCUT2D eigenvalue weighted by molar-refractivity contribution is 7.71. The second-order valence-corrected chi connectivity index (χ2v) is 5.62. The van der Waals surface area contributed by atoms with Gasteiger partial charge in [0.1, 0.15) is 0 Å². The molecule has 0 aliphatic carbocycles. The molecule has 0 spiro atoms. The molecular weight excluding hydrogens is 246 g/mol. The minimum Gasteiger partial charge on any atom is -0.369 e. The van der Waals surface area contributed by atoms with Crippen LogP contribution in [0.5, 0.6) is 0 Å². The van der Waals surface area contributed by atoms with Gasteiger partial charge in [0.15, 0.2) is 4.77 Å². The van der Waals surface area contributed by atoms with Crippen molar-refractivity contribution in [1.82, 2.24) is 9.55 Å². The maximum atomic E-state index is 11.4. The van der Waals surface area contributed by atoms with Gasteiger partial charge in [-0.1, -0.05) is 12.1 Å². The van der Waals surface area contributed by atoms with Crippen molar-refractivity contribution >= 4 is 29.2 Å². The van der Waals surface area contributed by atoms with Crippen molar-refractivity contribution in [2.75, 3.05) is 0 Å². The largest absolute Gasteiger partial charge is 0.369 e. The number of rotatable bonds is 3. The minimum absolute atomic E-state index is 0.327. The number of aromatic amines is 1. The number of aromatic nitrogens is 2. The van der Waals surface area contributed by atoms with Gasteiger partial charge >= 0.3 is 0 Å². The number of para-hydroxylation sites is 1. The molecule has 1 aromatic carbocycles. The average molecular weight is 263 g/mol. The molecule has 0 fully saturated rings. The molecule has 0 aliphatic heterocycles. The van der Waals surface area contributed by atoms with Crippen LogP contribution in [0.25, 0.3) is 11.0 Å². The van der Waals surface area contributed by atoms with Gasteiger partial charge in [0.05, 0.1) is 16.4 Å². The first-order chi connectivity index (χ1) is 8.33. The van der Waals surface area contributed by atoms with Crippen LogP contribution in [-0.2, 0) is 11.3 Å². The van der Waals surface area contributed by atoms with Crippen LogP contribution in [0.4, 0.5) is 0 Å². The first-order valence-electron chi connectivity index (χ1n) is 5.81. The molecule has 0 atom stereocenters. The number of H-pyrrole nitrogens is 1. The third kappa shape index (κ3) is 2.06. The molecule has 0 saturated heterocycles. The van der Waals surface area contributed by atoms with Gasteiger partial charge in [0.25, 0.3) is 0 Å². The lowest BCUT2D eigenvalue weighted by molar-refractivity contribution is -0.126. The number of carbonyl (C=O) groups excluding carboxylic acids is 1. The summed E-state index contributed by atoms with van der Waals surface area (Å²) in [6, 6.07) is 5.98. The van der Waals surface area contributed by atoms with Crippen molar-refractivity contribution < 1.29 is 4.79 Å². The number of carbonyl (C=O) groups is 1. The first kappa shape index (κ1) is 12.8. The van der Waals surface area contributed by atoms with Crippen molar-refractivity contribution in [1.29, 1.82) is 0 Å². The summed E-state index contributed by atoms with van der Waals surface area (Å²) in [4.78, 5) is 14.6. The Balaban J connectivity index is 2.62. The van der Waals surface area contributed by atoms with Gasteiger partial charge in [0, 0.05) is 6.54 Å². The van der Waals surface area contributed by atoms with Crippen LogP contribution < -0.4 is 5.73 Å². The molecule has 1 heterocycles. The fraction of sp³-hybridized carbons (Fsp3) is 0.385. The Hall–Kier alpha value is -1.62. The lowest BCUT2D eigenvalue weighted by Crippen LogP contribution is -2.35. The Bertz CT molecular complexity index is 666. The van der Waals surface area contributed by atoms with Gasteiger partial charge in [-0.05, 0) is 44.6 Å². The number of fused-ring (bicyclic) bond motifs is 1. The van der Waals surface area contributed by atoms with Crippen LogP contribution in [0, 0.1) is 17.1 Å². The summed E-state index contributed by atoms with van der Waals surface area (Å²) in [6.07, 6.45) is 0. The highest BCUT2D eigenvalue weighted by Crippen LogP contribution is 2.24. The summed E-state index contributed by atoms with van der Waals surface area (Å²) in [7, 11) is 0. The SMILES string of the molecule is Cc1cccc2[nH]c(=S)n(CC(C)(C)C(N)=O)c12. The first-order valence-corrected chi connectivity index (χ1v) is 6.22. The van der Waals surface area contributed by atoms with E-state index in [2.05, 4.69) is 4.98 Å². The predicted octanol–water partition coefficient (Wildman–Crippen LogP) is 2.52. The third-order valence-corrected chi connectivity index (χ3v) is 3.54. The van der Waals surface area contributed by atoms with Crippen LogP contribution in [0.3, 0.4) is 0 Å². The van der Waals surface area contributed by atoms with E-state index in [1.807, 2.05) is 43.5 Å². The molecular formula is C13H17N3OS. The lowest BCUT2D eigenvalue weighted by atomic mass is 9.92. The third-order valence-electron chi connectivity index (χ3n) is 3.21. The van der Waals surface area contributed by atoms with E-state index in [1.54, 1.807) is 0 Å².